The van der Waals surface area contributed by atoms with E-state index >= 15 is 0 Å². The predicted molar refractivity (Wildman–Crippen MR) is 80.8 cm³/mol. The third kappa shape index (κ3) is 2.75. The van der Waals surface area contributed by atoms with Crippen LogP contribution in [0.1, 0.15) is 32.0 Å². The Balaban J connectivity index is 2.36. The van der Waals surface area contributed by atoms with Gasteiger partial charge in [-0.15, -0.1) is 11.3 Å². The maximum Gasteiger partial charge on any atom is 0.0960 e. The van der Waals surface area contributed by atoms with Gasteiger partial charge in [-0.1, -0.05) is 45.7 Å². The molecule has 1 aromatic carbocycles. The second-order valence-corrected chi connectivity index (χ2v) is 6.91. The fourth-order valence-electron chi connectivity index (χ4n) is 1.69. The van der Waals surface area contributed by atoms with Crippen molar-refractivity contribution in [2.45, 2.75) is 25.6 Å². The van der Waals surface area contributed by atoms with E-state index in [1.165, 1.54) is 21.6 Å². The molecule has 0 radical (unpaired) electrons. The van der Waals surface area contributed by atoms with E-state index in [1.54, 1.807) is 11.3 Å². The molecule has 0 spiro atoms. The first-order valence-electron chi connectivity index (χ1n) is 5.46. The van der Waals surface area contributed by atoms with E-state index in [1.807, 2.05) is 6.92 Å². The van der Waals surface area contributed by atoms with Crippen molar-refractivity contribution < 1.29 is 0 Å². The molecule has 3 heteroatoms. The first-order chi connectivity index (χ1) is 7.99. The summed E-state index contributed by atoms with van der Waals surface area (Å²) in [6.07, 6.45) is 0. The topological polar surface area (TPSA) is 0 Å². The lowest BCUT2D eigenvalue weighted by atomic mass is 10.0. The summed E-state index contributed by atoms with van der Waals surface area (Å²) in [6, 6.07) is 8.73. The quantitative estimate of drug-likeness (QED) is 0.610. The Morgan fingerprint density at radius 2 is 1.76 bits per heavy atom. The van der Waals surface area contributed by atoms with Crippen LogP contribution >= 0.6 is 38.9 Å². The molecule has 0 saturated heterocycles. The average Bonchev–Trinajstić information content (AvgIpc) is 2.62. The first kappa shape index (κ1) is 13.1. The number of aryl methyl sites for hydroxylation is 3. The molecule has 1 aromatic heterocycles. The van der Waals surface area contributed by atoms with Crippen molar-refractivity contribution >= 4 is 38.9 Å². The number of halogens is 2. The van der Waals surface area contributed by atoms with Gasteiger partial charge < -0.3 is 0 Å². The molecule has 0 amide bonds. The van der Waals surface area contributed by atoms with Crippen LogP contribution in [0.15, 0.2) is 24.3 Å². The van der Waals surface area contributed by atoms with E-state index in [4.69, 9.17) is 11.6 Å². The Morgan fingerprint density at radius 1 is 1.06 bits per heavy atom. The third-order valence-corrected chi connectivity index (χ3v) is 5.89. The van der Waals surface area contributed by atoms with Crippen molar-refractivity contribution in [3.8, 4) is 0 Å². The summed E-state index contributed by atoms with van der Waals surface area (Å²) in [4.78, 5) is 1.49. The molecule has 1 atom stereocenters. The molecule has 2 aromatic rings. The lowest BCUT2D eigenvalue weighted by Crippen LogP contribution is -1.91. The van der Waals surface area contributed by atoms with E-state index in [0.717, 1.165) is 9.90 Å². The summed E-state index contributed by atoms with van der Waals surface area (Å²) in [5, 5.41) is 0. The van der Waals surface area contributed by atoms with Gasteiger partial charge in [0.2, 0.25) is 0 Å². The van der Waals surface area contributed by atoms with Gasteiger partial charge >= 0.3 is 0 Å². The van der Waals surface area contributed by atoms with Crippen LogP contribution in [0.5, 0.6) is 0 Å². The number of thiophene rings is 1. The lowest BCUT2D eigenvalue weighted by molar-refractivity contribution is 1.19. The SMILES string of the molecule is Cc1ccc(C(Br)c2cc(C)c(Cl)s2)cc1C. The summed E-state index contributed by atoms with van der Waals surface area (Å²) in [6.45, 7) is 6.32. The van der Waals surface area contributed by atoms with E-state index in [0.29, 0.717) is 0 Å². The molecule has 0 N–H and O–H groups in total. The third-order valence-electron chi connectivity index (χ3n) is 2.95. The Kier molecular flexibility index (Phi) is 3.96. The highest BCUT2D eigenvalue weighted by Gasteiger charge is 2.14. The predicted octanol–water partition coefficient (Wildman–Crippen LogP) is 5.81. The molecule has 0 aliphatic carbocycles. The van der Waals surface area contributed by atoms with E-state index in [9.17, 15) is 0 Å². The summed E-state index contributed by atoms with van der Waals surface area (Å²) in [5.41, 5.74) is 5.09. The minimum absolute atomic E-state index is 0.234. The zero-order chi connectivity index (χ0) is 12.6. The number of benzene rings is 1. The molecular formula is C14H14BrClS. The van der Waals surface area contributed by atoms with Crippen molar-refractivity contribution in [3.63, 3.8) is 0 Å². The van der Waals surface area contributed by atoms with Gasteiger partial charge in [0.15, 0.2) is 0 Å². The minimum atomic E-state index is 0.234. The van der Waals surface area contributed by atoms with Crippen LogP contribution in [0.4, 0.5) is 0 Å². The van der Waals surface area contributed by atoms with Gasteiger partial charge in [0.05, 0.1) is 9.16 Å². The van der Waals surface area contributed by atoms with Gasteiger partial charge in [-0.2, -0.15) is 0 Å². The Labute approximate surface area is 120 Å². The molecule has 0 fully saturated rings. The summed E-state index contributed by atoms with van der Waals surface area (Å²) in [7, 11) is 0. The van der Waals surface area contributed by atoms with Gasteiger partial charge in [0.1, 0.15) is 0 Å². The van der Waals surface area contributed by atoms with Crippen molar-refractivity contribution in [2.24, 2.45) is 0 Å². The molecule has 0 bridgehead atoms. The standard InChI is InChI=1S/C14H14BrClS/c1-8-4-5-11(6-9(8)2)13(15)12-7-10(3)14(16)17-12/h4-7,13H,1-3H3. The summed E-state index contributed by atoms with van der Waals surface area (Å²) in [5.74, 6) is 0. The minimum Gasteiger partial charge on any atom is -0.127 e. The van der Waals surface area contributed by atoms with Gasteiger partial charge in [-0.05, 0) is 49.1 Å². The highest BCUT2D eigenvalue weighted by Crippen LogP contribution is 2.39. The maximum atomic E-state index is 6.12. The number of rotatable bonds is 2. The molecule has 1 unspecified atom stereocenters. The van der Waals surface area contributed by atoms with Crippen molar-refractivity contribution in [2.75, 3.05) is 0 Å². The van der Waals surface area contributed by atoms with E-state index in [2.05, 4.69) is 54.0 Å². The normalized spacial score (nSPS) is 12.8. The molecule has 1 heterocycles. The van der Waals surface area contributed by atoms with Gasteiger partial charge in [-0.25, -0.2) is 0 Å². The molecule has 0 aliphatic heterocycles. The molecule has 0 saturated carbocycles. The smallest absolute Gasteiger partial charge is 0.0960 e. The zero-order valence-corrected chi connectivity index (χ0v) is 13.2. The first-order valence-corrected chi connectivity index (χ1v) is 7.57. The van der Waals surface area contributed by atoms with Crippen molar-refractivity contribution in [1.29, 1.82) is 0 Å². The largest absolute Gasteiger partial charge is 0.127 e. The van der Waals surface area contributed by atoms with Crippen LogP contribution in [-0.2, 0) is 0 Å². The van der Waals surface area contributed by atoms with Crippen molar-refractivity contribution in [3.05, 3.63) is 55.7 Å². The summed E-state index contributed by atoms with van der Waals surface area (Å²) < 4.78 is 0.883. The monoisotopic (exact) mass is 328 g/mol. The van der Waals surface area contributed by atoms with E-state index < -0.39 is 0 Å². The van der Waals surface area contributed by atoms with Gasteiger partial charge in [-0.3, -0.25) is 0 Å². The fraction of sp³-hybridized carbons (Fsp3) is 0.286. The zero-order valence-electron chi connectivity index (χ0n) is 10.1. The fourth-order valence-corrected chi connectivity index (χ4v) is 3.62. The molecule has 90 valence electrons. The molecule has 0 nitrogen and oxygen atoms in total. The van der Waals surface area contributed by atoms with Crippen LogP contribution in [0.3, 0.4) is 0 Å². The van der Waals surface area contributed by atoms with Crippen molar-refractivity contribution in [1.82, 2.24) is 0 Å². The van der Waals surface area contributed by atoms with Crippen LogP contribution in [0.2, 0.25) is 4.34 Å². The van der Waals surface area contributed by atoms with Crippen LogP contribution in [-0.4, -0.2) is 0 Å². The average molecular weight is 330 g/mol. The number of hydrogen-bond acceptors (Lipinski definition) is 1. The Bertz CT molecular complexity index is 526. The maximum absolute atomic E-state index is 6.12. The molecular weight excluding hydrogens is 316 g/mol. The highest BCUT2D eigenvalue weighted by atomic mass is 79.9. The lowest BCUT2D eigenvalue weighted by Gasteiger charge is -2.10. The summed E-state index contributed by atoms with van der Waals surface area (Å²) >= 11 is 11.5. The van der Waals surface area contributed by atoms with E-state index in [-0.39, 0.29) is 4.83 Å². The molecule has 17 heavy (non-hydrogen) atoms. The van der Waals surface area contributed by atoms with Gasteiger partial charge in [0, 0.05) is 4.88 Å². The Hall–Kier alpha value is -0.310. The second-order valence-electron chi connectivity index (χ2n) is 4.31. The van der Waals surface area contributed by atoms with Crippen LogP contribution in [0, 0.1) is 20.8 Å². The van der Waals surface area contributed by atoms with Crippen LogP contribution in [0.25, 0.3) is 0 Å². The molecule has 2 rings (SSSR count). The second kappa shape index (κ2) is 5.13. The highest BCUT2D eigenvalue weighted by molar-refractivity contribution is 9.09. The van der Waals surface area contributed by atoms with Crippen LogP contribution < -0.4 is 0 Å². The van der Waals surface area contributed by atoms with Gasteiger partial charge in [0.25, 0.3) is 0 Å². The number of alkyl halides is 1. The molecule has 0 aliphatic rings. The Morgan fingerprint density at radius 3 is 2.29 bits per heavy atom. The number of hydrogen-bond donors (Lipinski definition) is 0.